The summed E-state index contributed by atoms with van der Waals surface area (Å²) < 4.78 is 5.15. The molecule has 86 valence electrons. The number of rotatable bonds is 2. The van der Waals surface area contributed by atoms with Crippen LogP contribution < -0.4 is 10.5 Å². The second kappa shape index (κ2) is 5.25. The number of benzene rings is 1. The number of thioether (sulfide) groups is 1. The van der Waals surface area contributed by atoms with E-state index in [2.05, 4.69) is 17.1 Å². The van der Waals surface area contributed by atoms with Crippen molar-refractivity contribution in [3.63, 3.8) is 0 Å². The average molecular weight is 236 g/mol. The maximum Gasteiger partial charge on any atom is 0.118 e. The van der Waals surface area contributed by atoms with Crippen molar-refractivity contribution in [1.82, 2.24) is 0 Å². The molecule has 0 fully saturated rings. The number of hydrogen-bond donors (Lipinski definition) is 1. The summed E-state index contributed by atoms with van der Waals surface area (Å²) in [6, 6.07) is 8.20. The Hall–Kier alpha value is -1.16. The van der Waals surface area contributed by atoms with Crippen LogP contribution in [0.2, 0.25) is 0 Å². The molecular weight excluding hydrogens is 220 g/mol. The van der Waals surface area contributed by atoms with E-state index in [0.29, 0.717) is 5.25 Å². The summed E-state index contributed by atoms with van der Waals surface area (Å²) in [4.78, 5) is 4.28. The third kappa shape index (κ3) is 2.70. The second-order valence-electron chi connectivity index (χ2n) is 3.71. The van der Waals surface area contributed by atoms with Gasteiger partial charge in [0.1, 0.15) is 5.75 Å². The smallest absolute Gasteiger partial charge is 0.118 e. The molecule has 2 N–H and O–H groups in total. The highest BCUT2D eigenvalue weighted by molar-refractivity contribution is 7.99. The van der Waals surface area contributed by atoms with E-state index in [-0.39, 0.29) is 0 Å². The maximum atomic E-state index is 5.83. The first-order valence-electron chi connectivity index (χ1n) is 5.34. The summed E-state index contributed by atoms with van der Waals surface area (Å²) in [5, 5.41) is 0.428. The fourth-order valence-electron chi connectivity index (χ4n) is 1.73. The lowest BCUT2D eigenvalue weighted by Crippen LogP contribution is -2.13. The number of ether oxygens (including phenoxy) is 1. The average Bonchev–Trinajstić information content (AvgIpc) is 2.54. The lowest BCUT2D eigenvalue weighted by molar-refractivity contribution is 0.414. The monoisotopic (exact) mass is 236 g/mol. The van der Waals surface area contributed by atoms with E-state index < -0.39 is 0 Å². The Morgan fingerprint density at radius 2 is 2.12 bits per heavy atom. The van der Waals surface area contributed by atoms with Crippen molar-refractivity contribution in [2.24, 2.45) is 10.7 Å². The van der Waals surface area contributed by atoms with Crippen molar-refractivity contribution in [1.29, 1.82) is 0 Å². The van der Waals surface area contributed by atoms with Gasteiger partial charge in [-0.3, -0.25) is 4.99 Å². The maximum absolute atomic E-state index is 5.83. The third-order valence-electron chi connectivity index (χ3n) is 2.61. The fraction of sp³-hybridized carbons (Fsp3) is 0.417. The Morgan fingerprint density at radius 3 is 2.81 bits per heavy atom. The highest BCUT2D eigenvalue weighted by Gasteiger charge is 2.16. The van der Waals surface area contributed by atoms with Crippen molar-refractivity contribution in [3.8, 4) is 5.75 Å². The molecule has 0 spiro atoms. The van der Waals surface area contributed by atoms with Crippen LogP contribution >= 0.6 is 11.8 Å². The van der Waals surface area contributed by atoms with Crippen LogP contribution in [0.4, 0.5) is 0 Å². The Labute approximate surface area is 100 Å². The molecule has 1 aliphatic heterocycles. The largest absolute Gasteiger partial charge is 0.497 e. The zero-order chi connectivity index (χ0) is 11.4. The van der Waals surface area contributed by atoms with Crippen molar-refractivity contribution in [2.75, 3.05) is 19.4 Å². The fourth-order valence-corrected chi connectivity index (χ4v) is 2.85. The van der Waals surface area contributed by atoms with Gasteiger partial charge >= 0.3 is 0 Å². The molecule has 16 heavy (non-hydrogen) atoms. The van der Waals surface area contributed by atoms with E-state index in [1.165, 1.54) is 5.56 Å². The van der Waals surface area contributed by atoms with Gasteiger partial charge in [-0.05, 0) is 17.7 Å². The van der Waals surface area contributed by atoms with Crippen molar-refractivity contribution >= 4 is 17.6 Å². The molecule has 0 aliphatic carbocycles. The van der Waals surface area contributed by atoms with Crippen molar-refractivity contribution < 1.29 is 4.74 Å². The van der Waals surface area contributed by atoms with Gasteiger partial charge in [0.25, 0.3) is 0 Å². The van der Waals surface area contributed by atoms with Gasteiger partial charge in [-0.25, -0.2) is 0 Å². The molecule has 3 nitrogen and oxygen atoms in total. The molecule has 0 bridgehead atoms. The topological polar surface area (TPSA) is 47.6 Å². The predicted octanol–water partition coefficient (Wildman–Crippen LogP) is 2.23. The van der Waals surface area contributed by atoms with Gasteiger partial charge in [-0.15, -0.1) is 0 Å². The Bertz CT molecular complexity index is 375. The molecule has 1 aliphatic rings. The summed E-state index contributed by atoms with van der Waals surface area (Å²) in [7, 11) is 1.68. The summed E-state index contributed by atoms with van der Waals surface area (Å²) in [6.45, 7) is 0.836. The molecule has 0 amide bonds. The minimum Gasteiger partial charge on any atom is -0.497 e. The van der Waals surface area contributed by atoms with Crippen LogP contribution in [0.25, 0.3) is 0 Å². The number of nitrogens with two attached hydrogens (primary N) is 1. The predicted molar refractivity (Wildman–Crippen MR) is 69.3 cm³/mol. The number of hydrogen-bond acceptors (Lipinski definition) is 4. The van der Waals surface area contributed by atoms with E-state index >= 15 is 0 Å². The van der Waals surface area contributed by atoms with Gasteiger partial charge in [-0.2, -0.15) is 11.8 Å². The van der Waals surface area contributed by atoms with Gasteiger partial charge < -0.3 is 10.5 Å². The van der Waals surface area contributed by atoms with E-state index in [0.717, 1.165) is 30.3 Å². The molecular formula is C12H16N2OS. The zero-order valence-electron chi connectivity index (χ0n) is 9.35. The van der Waals surface area contributed by atoms with Gasteiger partial charge in [0, 0.05) is 24.0 Å². The number of methoxy groups -OCH3 is 1. The Morgan fingerprint density at radius 1 is 1.38 bits per heavy atom. The summed E-state index contributed by atoms with van der Waals surface area (Å²) in [6.07, 6.45) is 0.844. The summed E-state index contributed by atoms with van der Waals surface area (Å²) in [5.41, 5.74) is 7.13. The summed E-state index contributed by atoms with van der Waals surface area (Å²) >= 11 is 1.92. The Kier molecular flexibility index (Phi) is 3.72. The van der Waals surface area contributed by atoms with E-state index in [1.54, 1.807) is 7.11 Å². The van der Waals surface area contributed by atoms with Gasteiger partial charge in [0.2, 0.25) is 0 Å². The van der Waals surface area contributed by atoms with Gasteiger partial charge in [0.15, 0.2) is 0 Å². The quantitative estimate of drug-likeness (QED) is 0.856. The Balaban J connectivity index is 2.13. The molecule has 0 radical (unpaired) electrons. The van der Waals surface area contributed by atoms with Crippen LogP contribution in [0.1, 0.15) is 17.2 Å². The molecule has 2 rings (SSSR count). The van der Waals surface area contributed by atoms with Crippen LogP contribution in [-0.4, -0.2) is 25.2 Å². The summed E-state index contributed by atoms with van der Waals surface area (Å²) in [5.74, 6) is 2.70. The molecule has 1 atom stereocenters. The van der Waals surface area contributed by atoms with E-state index in [4.69, 9.17) is 10.5 Å². The standard InChI is InChI=1S/C12H16N2OS/c1-15-10-4-2-9(3-5-10)11-8-12(13)14-6-7-16-11/h2-5,11H,6-8H2,1H3,(H2,13,14). The van der Waals surface area contributed by atoms with Crippen LogP contribution in [0, 0.1) is 0 Å². The lowest BCUT2D eigenvalue weighted by Gasteiger charge is -2.14. The molecule has 0 aromatic heterocycles. The zero-order valence-corrected chi connectivity index (χ0v) is 10.2. The van der Waals surface area contributed by atoms with Gasteiger partial charge in [-0.1, -0.05) is 12.1 Å². The first-order chi connectivity index (χ1) is 7.79. The molecule has 1 heterocycles. The SMILES string of the molecule is COc1ccc(C2CC(N)=NCCS2)cc1. The number of aliphatic imine (C=N–C) groups is 1. The van der Waals surface area contributed by atoms with Crippen LogP contribution in [0.3, 0.4) is 0 Å². The van der Waals surface area contributed by atoms with Gasteiger partial charge in [0.05, 0.1) is 12.9 Å². The van der Waals surface area contributed by atoms with Crippen molar-refractivity contribution in [3.05, 3.63) is 29.8 Å². The molecule has 1 aromatic rings. The van der Waals surface area contributed by atoms with Crippen LogP contribution in [0.15, 0.2) is 29.3 Å². The molecule has 0 saturated heterocycles. The van der Waals surface area contributed by atoms with E-state index in [9.17, 15) is 0 Å². The minimum absolute atomic E-state index is 0.428. The van der Waals surface area contributed by atoms with Crippen LogP contribution in [-0.2, 0) is 0 Å². The molecule has 0 saturated carbocycles. The molecule has 1 unspecified atom stereocenters. The highest BCUT2D eigenvalue weighted by atomic mass is 32.2. The normalized spacial score (nSPS) is 21.1. The minimum atomic E-state index is 0.428. The third-order valence-corrected chi connectivity index (χ3v) is 3.87. The molecule has 1 aromatic carbocycles. The van der Waals surface area contributed by atoms with Crippen molar-refractivity contribution in [2.45, 2.75) is 11.7 Å². The number of nitrogens with zero attached hydrogens (tertiary/aromatic N) is 1. The first kappa shape index (κ1) is 11.3. The highest BCUT2D eigenvalue weighted by Crippen LogP contribution is 2.34. The number of amidine groups is 1. The first-order valence-corrected chi connectivity index (χ1v) is 6.39. The second-order valence-corrected chi connectivity index (χ2v) is 5.02. The van der Waals surface area contributed by atoms with Crippen LogP contribution in [0.5, 0.6) is 5.75 Å². The molecule has 4 heteroatoms. The lowest BCUT2D eigenvalue weighted by atomic mass is 10.1. The van der Waals surface area contributed by atoms with E-state index in [1.807, 2.05) is 23.9 Å².